The standard InChI is InChI=1S/C18H22BrNO3/c1-3-9-20(10-4-2)18(21)14-7-8-17(16(19)12-14)23-13-15-6-5-11-22-15/h3-4,7-8,12,15H,1-2,5-6,9-11,13H2. The quantitative estimate of drug-likeness (QED) is 0.644. The Labute approximate surface area is 145 Å². The van der Waals surface area contributed by atoms with E-state index < -0.39 is 0 Å². The van der Waals surface area contributed by atoms with Crippen LogP contribution in [-0.2, 0) is 4.74 Å². The molecule has 124 valence electrons. The Balaban J connectivity index is 2.03. The average Bonchev–Trinajstić information content (AvgIpc) is 3.06. The van der Waals surface area contributed by atoms with E-state index in [0.29, 0.717) is 25.3 Å². The molecule has 1 aromatic carbocycles. The van der Waals surface area contributed by atoms with E-state index in [1.165, 1.54) is 0 Å². The Hall–Kier alpha value is -1.59. The molecule has 4 nitrogen and oxygen atoms in total. The molecule has 0 N–H and O–H groups in total. The molecule has 1 aliphatic heterocycles. The minimum atomic E-state index is -0.0591. The molecule has 1 amide bonds. The van der Waals surface area contributed by atoms with Gasteiger partial charge in [0, 0.05) is 25.3 Å². The van der Waals surface area contributed by atoms with Crippen molar-refractivity contribution >= 4 is 21.8 Å². The van der Waals surface area contributed by atoms with E-state index in [4.69, 9.17) is 9.47 Å². The summed E-state index contributed by atoms with van der Waals surface area (Å²) in [5.74, 6) is 0.659. The van der Waals surface area contributed by atoms with E-state index in [1.807, 2.05) is 6.07 Å². The first kappa shape index (κ1) is 17.8. The fraction of sp³-hybridized carbons (Fsp3) is 0.389. The van der Waals surface area contributed by atoms with Gasteiger partial charge in [-0.25, -0.2) is 0 Å². The monoisotopic (exact) mass is 379 g/mol. The van der Waals surface area contributed by atoms with E-state index in [1.54, 1.807) is 29.2 Å². The summed E-state index contributed by atoms with van der Waals surface area (Å²) in [6, 6.07) is 5.37. The molecule has 0 spiro atoms. The predicted octanol–water partition coefficient (Wildman–Crippen LogP) is 3.82. The van der Waals surface area contributed by atoms with Gasteiger partial charge >= 0.3 is 0 Å². The Morgan fingerprint density at radius 2 is 2.13 bits per heavy atom. The van der Waals surface area contributed by atoms with E-state index in [9.17, 15) is 4.79 Å². The second kappa shape index (κ2) is 8.89. The van der Waals surface area contributed by atoms with E-state index in [2.05, 4.69) is 29.1 Å². The summed E-state index contributed by atoms with van der Waals surface area (Å²) in [5, 5.41) is 0. The van der Waals surface area contributed by atoms with E-state index in [0.717, 1.165) is 29.7 Å². The lowest BCUT2D eigenvalue weighted by Gasteiger charge is -2.20. The summed E-state index contributed by atoms with van der Waals surface area (Å²) in [4.78, 5) is 14.2. The van der Waals surface area contributed by atoms with Gasteiger partial charge < -0.3 is 14.4 Å². The number of carbonyl (C=O) groups is 1. The summed E-state index contributed by atoms with van der Waals surface area (Å²) in [6.07, 6.45) is 5.70. The molecule has 0 aliphatic carbocycles. The van der Waals surface area contributed by atoms with Gasteiger partial charge in [0.25, 0.3) is 5.91 Å². The second-order valence-corrected chi connectivity index (χ2v) is 6.23. The Morgan fingerprint density at radius 1 is 1.39 bits per heavy atom. The maximum Gasteiger partial charge on any atom is 0.254 e. The van der Waals surface area contributed by atoms with Gasteiger partial charge in [-0.15, -0.1) is 13.2 Å². The predicted molar refractivity (Wildman–Crippen MR) is 94.9 cm³/mol. The van der Waals surface area contributed by atoms with Crippen LogP contribution in [0.1, 0.15) is 23.2 Å². The number of carbonyl (C=O) groups excluding carboxylic acids is 1. The van der Waals surface area contributed by atoms with Crippen molar-refractivity contribution in [1.82, 2.24) is 4.90 Å². The van der Waals surface area contributed by atoms with Crippen LogP contribution in [-0.4, -0.2) is 43.2 Å². The van der Waals surface area contributed by atoms with E-state index in [-0.39, 0.29) is 12.0 Å². The lowest BCUT2D eigenvalue weighted by molar-refractivity contribution is 0.0676. The molecule has 0 aromatic heterocycles. The van der Waals surface area contributed by atoms with Crippen molar-refractivity contribution in [3.63, 3.8) is 0 Å². The van der Waals surface area contributed by atoms with Crippen molar-refractivity contribution in [3.05, 3.63) is 53.5 Å². The fourth-order valence-corrected chi connectivity index (χ4v) is 2.94. The van der Waals surface area contributed by atoms with Crippen molar-refractivity contribution in [2.45, 2.75) is 18.9 Å². The maximum absolute atomic E-state index is 12.5. The number of nitrogens with zero attached hydrogens (tertiary/aromatic N) is 1. The van der Waals surface area contributed by atoms with Crippen LogP contribution in [0.25, 0.3) is 0 Å². The normalized spacial score (nSPS) is 16.8. The van der Waals surface area contributed by atoms with Gasteiger partial charge in [-0.1, -0.05) is 12.2 Å². The number of halogens is 1. The van der Waals surface area contributed by atoms with Gasteiger partial charge in [0.15, 0.2) is 0 Å². The molecule has 1 saturated heterocycles. The Bertz CT molecular complexity index is 557. The highest BCUT2D eigenvalue weighted by molar-refractivity contribution is 9.10. The number of ether oxygens (including phenoxy) is 2. The molecular weight excluding hydrogens is 358 g/mol. The van der Waals surface area contributed by atoms with Gasteiger partial charge in [0.2, 0.25) is 0 Å². The second-order valence-electron chi connectivity index (χ2n) is 5.38. The number of rotatable bonds is 8. The molecule has 0 saturated carbocycles. The van der Waals surface area contributed by atoms with Crippen molar-refractivity contribution < 1.29 is 14.3 Å². The Kier molecular flexibility index (Phi) is 6.86. The number of hydrogen-bond acceptors (Lipinski definition) is 3. The zero-order valence-corrected chi connectivity index (χ0v) is 14.8. The van der Waals surface area contributed by atoms with E-state index >= 15 is 0 Å². The van der Waals surface area contributed by atoms with Gasteiger partial charge in [-0.05, 0) is 47.0 Å². The van der Waals surface area contributed by atoms with Gasteiger partial charge in [-0.2, -0.15) is 0 Å². The smallest absolute Gasteiger partial charge is 0.254 e. The Morgan fingerprint density at radius 3 is 2.70 bits per heavy atom. The van der Waals surface area contributed by atoms with Crippen LogP contribution in [0.2, 0.25) is 0 Å². The van der Waals surface area contributed by atoms with Gasteiger partial charge in [0.05, 0.1) is 10.6 Å². The third-order valence-electron chi connectivity index (χ3n) is 3.61. The van der Waals surface area contributed by atoms with Crippen LogP contribution in [0.4, 0.5) is 0 Å². The third-order valence-corrected chi connectivity index (χ3v) is 4.23. The topological polar surface area (TPSA) is 38.8 Å². The first-order valence-corrected chi connectivity index (χ1v) is 8.50. The summed E-state index contributed by atoms with van der Waals surface area (Å²) >= 11 is 3.48. The molecule has 1 fully saturated rings. The summed E-state index contributed by atoms with van der Waals surface area (Å²) in [5.41, 5.74) is 0.602. The van der Waals surface area contributed by atoms with Crippen LogP contribution < -0.4 is 4.74 Å². The molecule has 23 heavy (non-hydrogen) atoms. The maximum atomic E-state index is 12.5. The average molecular weight is 380 g/mol. The summed E-state index contributed by atoms with van der Waals surface area (Å²) in [6.45, 7) is 9.68. The highest BCUT2D eigenvalue weighted by atomic mass is 79.9. The molecule has 5 heteroatoms. The minimum Gasteiger partial charge on any atom is -0.490 e. The highest BCUT2D eigenvalue weighted by Crippen LogP contribution is 2.27. The molecular formula is C18H22BrNO3. The fourth-order valence-electron chi connectivity index (χ4n) is 2.44. The van der Waals surface area contributed by atoms with Crippen LogP contribution in [0, 0.1) is 0 Å². The summed E-state index contributed by atoms with van der Waals surface area (Å²) in [7, 11) is 0. The molecule has 1 aromatic rings. The van der Waals surface area contributed by atoms with Gasteiger partial charge in [0.1, 0.15) is 12.4 Å². The third kappa shape index (κ3) is 4.94. The molecule has 0 bridgehead atoms. The zero-order chi connectivity index (χ0) is 16.7. The molecule has 1 aliphatic rings. The molecule has 1 atom stereocenters. The first-order chi connectivity index (χ1) is 11.2. The molecule has 1 unspecified atom stereocenters. The van der Waals surface area contributed by atoms with Gasteiger partial charge in [-0.3, -0.25) is 4.79 Å². The number of benzene rings is 1. The van der Waals surface area contributed by atoms with Crippen LogP contribution in [0.5, 0.6) is 5.75 Å². The van der Waals surface area contributed by atoms with Crippen molar-refractivity contribution in [3.8, 4) is 5.75 Å². The van der Waals surface area contributed by atoms with Crippen molar-refractivity contribution in [2.75, 3.05) is 26.3 Å². The highest BCUT2D eigenvalue weighted by Gasteiger charge is 2.18. The molecule has 0 radical (unpaired) electrons. The van der Waals surface area contributed by atoms with Crippen molar-refractivity contribution in [1.29, 1.82) is 0 Å². The SMILES string of the molecule is C=CCN(CC=C)C(=O)c1ccc(OCC2CCCO2)c(Br)c1. The van der Waals surface area contributed by atoms with Crippen molar-refractivity contribution in [2.24, 2.45) is 0 Å². The largest absolute Gasteiger partial charge is 0.490 e. The lowest BCUT2D eigenvalue weighted by atomic mass is 10.2. The number of amides is 1. The summed E-state index contributed by atoms with van der Waals surface area (Å²) < 4.78 is 12.1. The van der Waals surface area contributed by atoms with Crippen LogP contribution in [0.15, 0.2) is 48.0 Å². The molecule has 1 heterocycles. The minimum absolute atomic E-state index is 0.0591. The van der Waals surface area contributed by atoms with Crippen LogP contribution in [0.3, 0.4) is 0 Å². The van der Waals surface area contributed by atoms with Crippen LogP contribution >= 0.6 is 15.9 Å². The zero-order valence-electron chi connectivity index (χ0n) is 13.2. The number of hydrogen-bond donors (Lipinski definition) is 0. The lowest BCUT2D eigenvalue weighted by Crippen LogP contribution is -2.31. The first-order valence-electron chi connectivity index (χ1n) is 7.70. The molecule has 2 rings (SSSR count).